The zero-order valence-electron chi connectivity index (χ0n) is 9.89. The third kappa shape index (κ3) is 4.18. The van der Waals surface area contributed by atoms with Crippen LogP contribution >= 0.6 is 0 Å². The minimum Gasteiger partial charge on any atom is -0.352 e. The standard InChI is InChI=1S/C11H19F3N2O/c1-2-9(15)10(17)16-8-5-3-4-7(6-8)11(12,13)14/h7-9H,2-6,15H2,1H3,(H,16,17)/t7?,8?,9-/m0/s1. The van der Waals surface area contributed by atoms with Gasteiger partial charge in [-0.15, -0.1) is 0 Å². The minimum absolute atomic E-state index is 0.0221. The Kier molecular flexibility index (Phi) is 4.80. The Hall–Kier alpha value is -0.780. The van der Waals surface area contributed by atoms with Crippen LogP contribution < -0.4 is 11.1 Å². The maximum absolute atomic E-state index is 12.5. The second-order valence-corrected chi connectivity index (χ2v) is 4.63. The summed E-state index contributed by atoms with van der Waals surface area (Å²) in [5, 5.41) is 2.61. The molecule has 0 saturated heterocycles. The van der Waals surface area contributed by atoms with Crippen molar-refractivity contribution in [3.63, 3.8) is 0 Å². The Labute approximate surface area is 98.9 Å². The van der Waals surface area contributed by atoms with Crippen LogP contribution in [0.3, 0.4) is 0 Å². The van der Waals surface area contributed by atoms with Crippen molar-refractivity contribution in [2.45, 2.75) is 57.3 Å². The zero-order chi connectivity index (χ0) is 13.1. The molecule has 0 bridgehead atoms. The highest BCUT2D eigenvalue weighted by Crippen LogP contribution is 2.37. The molecule has 0 aliphatic heterocycles. The SMILES string of the molecule is CC[C@H](N)C(=O)NC1CCCC(C(F)(F)F)C1. The van der Waals surface area contributed by atoms with Crippen LogP contribution in [0.1, 0.15) is 39.0 Å². The average molecular weight is 252 g/mol. The molecule has 1 aliphatic rings. The van der Waals surface area contributed by atoms with Crippen molar-refractivity contribution in [3.05, 3.63) is 0 Å². The van der Waals surface area contributed by atoms with Crippen LogP contribution in [0.5, 0.6) is 0 Å². The van der Waals surface area contributed by atoms with Crippen LogP contribution in [0.4, 0.5) is 13.2 Å². The third-order valence-electron chi connectivity index (χ3n) is 3.26. The number of amides is 1. The van der Waals surface area contributed by atoms with Crippen LogP contribution in [0.25, 0.3) is 0 Å². The lowest BCUT2D eigenvalue weighted by atomic mass is 9.85. The molecule has 0 heterocycles. The number of carbonyl (C=O) groups is 1. The number of nitrogens with two attached hydrogens (primary N) is 1. The van der Waals surface area contributed by atoms with Crippen LogP contribution in [-0.2, 0) is 4.79 Å². The fourth-order valence-electron chi connectivity index (χ4n) is 2.11. The summed E-state index contributed by atoms with van der Waals surface area (Å²) in [5.41, 5.74) is 5.52. The first kappa shape index (κ1) is 14.3. The van der Waals surface area contributed by atoms with E-state index in [0.29, 0.717) is 19.3 Å². The van der Waals surface area contributed by atoms with Gasteiger partial charge in [0.2, 0.25) is 5.91 Å². The number of hydrogen-bond donors (Lipinski definition) is 2. The van der Waals surface area contributed by atoms with Gasteiger partial charge in [-0.3, -0.25) is 4.79 Å². The molecule has 0 aromatic heterocycles. The van der Waals surface area contributed by atoms with Gasteiger partial charge in [0.05, 0.1) is 12.0 Å². The van der Waals surface area contributed by atoms with E-state index in [2.05, 4.69) is 5.32 Å². The molecular formula is C11H19F3N2O. The molecule has 0 aromatic rings. The maximum Gasteiger partial charge on any atom is 0.391 e. The molecule has 1 aliphatic carbocycles. The number of carbonyl (C=O) groups excluding carboxylic acids is 1. The van der Waals surface area contributed by atoms with E-state index in [4.69, 9.17) is 5.73 Å². The number of nitrogens with one attached hydrogen (secondary N) is 1. The molecular weight excluding hydrogens is 233 g/mol. The molecule has 3 atom stereocenters. The normalized spacial score (nSPS) is 27.6. The molecule has 3 N–H and O–H groups in total. The Morgan fingerprint density at radius 1 is 1.47 bits per heavy atom. The van der Waals surface area contributed by atoms with E-state index in [0.717, 1.165) is 0 Å². The van der Waals surface area contributed by atoms with E-state index in [1.165, 1.54) is 0 Å². The van der Waals surface area contributed by atoms with Crippen molar-refractivity contribution in [1.29, 1.82) is 0 Å². The second-order valence-electron chi connectivity index (χ2n) is 4.63. The van der Waals surface area contributed by atoms with Gasteiger partial charge in [-0.25, -0.2) is 0 Å². The summed E-state index contributed by atoms with van der Waals surface area (Å²) in [6.45, 7) is 1.77. The van der Waals surface area contributed by atoms with Crippen molar-refractivity contribution in [3.8, 4) is 0 Å². The first-order chi connectivity index (χ1) is 7.84. The number of hydrogen-bond acceptors (Lipinski definition) is 2. The molecule has 6 heteroatoms. The van der Waals surface area contributed by atoms with E-state index in [1.807, 2.05) is 0 Å². The largest absolute Gasteiger partial charge is 0.391 e. The molecule has 2 unspecified atom stereocenters. The maximum atomic E-state index is 12.5. The summed E-state index contributed by atoms with van der Waals surface area (Å²) in [4.78, 5) is 11.5. The average Bonchev–Trinajstić information content (AvgIpc) is 2.27. The van der Waals surface area contributed by atoms with Gasteiger partial charge in [0.1, 0.15) is 0 Å². The van der Waals surface area contributed by atoms with Crippen molar-refractivity contribution >= 4 is 5.91 Å². The van der Waals surface area contributed by atoms with Gasteiger partial charge in [0.15, 0.2) is 0 Å². The molecule has 1 saturated carbocycles. The van der Waals surface area contributed by atoms with Gasteiger partial charge in [-0.2, -0.15) is 13.2 Å². The fraction of sp³-hybridized carbons (Fsp3) is 0.909. The summed E-state index contributed by atoms with van der Waals surface area (Å²) in [6.07, 6.45) is -2.43. The number of rotatable bonds is 3. The summed E-state index contributed by atoms with van der Waals surface area (Å²) in [6, 6.07) is -1.01. The van der Waals surface area contributed by atoms with E-state index in [-0.39, 0.29) is 24.8 Å². The summed E-state index contributed by atoms with van der Waals surface area (Å²) in [7, 11) is 0. The topological polar surface area (TPSA) is 55.1 Å². The van der Waals surface area contributed by atoms with Gasteiger partial charge in [-0.1, -0.05) is 13.3 Å². The Morgan fingerprint density at radius 2 is 2.12 bits per heavy atom. The van der Waals surface area contributed by atoms with Crippen LogP contribution in [0.2, 0.25) is 0 Å². The first-order valence-electron chi connectivity index (χ1n) is 5.97. The highest BCUT2D eigenvalue weighted by atomic mass is 19.4. The lowest BCUT2D eigenvalue weighted by molar-refractivity contribution is -0.184. The van der Waals surface area contributed by atoms with Crippen molar-refractivity contribution < 1.29 is 18.0 Å². The minimum atomic E-state index is -4.16. The lowest BCUT2D eigenvalue weighted by Gasteiger charge is -2.31. The summed E-state index contributed by atoms with van der Waals surface area (Å²) in [5.74, 6) is -1.64. The van der Waals surface area contributed by atoms with Crippen LogP contribution in [0, 0.1) is 5.92 Å². The van der Waals surface area contributed by atoms with E-state index in [9.17, 15) is 18.0 Å². The molecule has 1 amide bonds. The monoisotopic (exact) mass is 252 g/mol. The van der Waals surface area contributed by atoms with E-state index in [1.54, 1.807) is 6.92 Å². The van der Waals surface area contributed by atoms with Crippen molar-refractivity contribution in [2.24, 2.45) is 11.7 Å². The quantitative estimate of drug-likeness (QED) is 0.806. The Bertz CT molecular complexity index is 268. The molecule has 1 rings (SSSR count). The van der Waals surface area contributed by atoms with Gasteiger partial charge in [0, 0.05) is 6.04 Å². The van der Waals surface area contributed by atoms with Gasteiger partial charge in [0.25, 0.3) is 0 Å². The third-order valence-corrected chi connectivity index (χ3v) is 3.26. The summed E-state index contributed by atoms with van der Waals surface area (Å²) < 4.78 is 37.6. The zero-order valence-corrected chi connectivity index (χ0v) is 9.89. The van der Waals surface area contributed by atoms with Crippen LogP contribution in [-0.4, -0.2) is 24.2 Å². The summed E-state index contributed by atoms with van der Waals surface area (Å²) >= 11 is 0. The fourth-order valence-corrected chi connectivity index (χ4v) is 2.11. The molecule has 3 nitrogen and oxygen atoms in total. The molecule has 1 fully saturated rings. The highest BCUT2D eigenvalue weighted by molar-refractivity contribution is 5.81. The van der Waals surface area contributed by atoms with Crippen molar-refractivity contribution in [1.82, 2.24) is 5.32 Å². The first-order valence-corrected chi connectivity index (χ1v) is 5.97. The molecule has 17 heavy (non-hydrogen) atoms. The Morgan fingerprint density at radius 3 is 2.65 bits per heavy atom. The lowest BCUT2D eigenvalue weighted by Crippen LogP contribution is -2.47. The van der Waals surface area contributed by atoms with Gasteiger partial charge >= 0.3 is 6.18 Å². The molecule has 0 spiro atoms. The predicted octanol–water partition coefficient (Wildman–Crippen LogP) is 1.96. The highest BCUT2D eigenvalue weighted by Gasteiger charge is 2.42. The van der Waals surface area contributed by atoms with E-state index >= 15 is 0 Å². The van der Waals surface area contributed by atoms with Gasteiger partial charge in [-0.05, 0) is 25.7 Å². The van der Waals surface area contributed by atoms with Crippen molar-refractivity contribution in [2.75, 3.05) is 0 Å². The second kappa shape index (κ2) is 5.71. The molecule has 0 radical (unpaired) electrons. The smallest absolute Gasteiger partial charge is 0.352 e. The van der Waals surface area contributed by atoms with E-state index < -0.39 is 18.1 Å². The van der Waals surface area contributed by atoms with Crippen LogP contribution in [0.15, 0.2) is 0 Å². The van der Waals surface area contributed by atoms with Gasteiger partial charge < -0.3 is 11.1 Å². The molecule has 0 aromatic carbocycles. The number of halogens is 3. The molecule has 100 valence electrons. The number of alkyl halides is 3. The predicted molar refractivity (Wildman–Crippen MR) is 58.2 cm³/mol. The Balaban J connectivity index is 2.48.